The van der Waals surface area contributed by atoms with Crippen molar-refractivity contribution in [1.82, 2.24) is 9.78 Å². The maximum Gasteiger partial charge on any atom is 0.573 e. The summed E-state index contributed by atoms with van der Waals surface area (Å²) in [6.45, 7) is 0. The first-order valence-corrected chi connectivity index (χ1v) is 8.18. The van der Waals surface area contributed by atoms with E-state index in [1.165, 1.54) is 19.2 Å². The van der Waals surface area contributed by atoms with Gasteiger partial charge in [-0.1, -0.05) is 18.2 Å². The van der Waals surface area contributed by atoms with Crippen LogP contribution < -0.4 is 20.3 Å². The molecule has 0 saturated heterocycles. The molecule has 3 rings (SSSR count). The zero-order valence-electron chi connectivity index (χ0n) is 14.9. The number of nitrogens with one attached hydrogen (secondary N) is 1. The van der Waals surface area contributed by atoms with Crippen LogP contribution in [-0.4, -0.2) is 29.2 Å². The molecule has 0 aliphatic carbocycles. The van der Waals surface area contributed by atoms with E-state index in [2.05, 4.69) is 15.2 Å². The van der Waals surface area contributed by atoms with Crippen LogP contribution in [0.15, 0.2) is 65.5 Å². The van der Waals surface area contributed by atoms with Crippen LogP contribution >= 0.6 is 0 Å². The Morgan fingerprint density at radius 2 is 1.72 bits per heavy atom. The van der Waals surface area contributed by atoms with Gasteiger partial charge in [-0.3, -0.25) is 9.59 Å². The van der Waals surface area contributed by atoms with E-state index in [-0.39, 0.29) is 17.1 Å². The van der Waals surface area contributed by atoms with Crippen molar-refractivity contribution in [3.05, 3.63) is 76.7 Å². The minimum Gasteiger partial charge on any atom is -0.494 e. The van der Waals surface area contributed by atoms with Crippen LogP contribution in [0.1, 0.15) is 10.5 Å². The number of para-hydroxylation sites is 1. The maximum atomic E-state index is 12.6. The highest BCUT2D eigenvalue weighted by atomic mass is 19.4. The summed E-state index contributed by atoms with van der Waals surface area (Å²) in [5, 5.41) is 6.56. The zero-order chi connectivity index (χ0) is 21.0. The Labute approximate surface area is 162 Å². The van der Waals surface area contributed by atoms with Crippen molar-refractivity contribution >= 4 is 11.6 Å². The Balaban J connectivity index is 1.88. The van der Waals surface area contributed by atoms with Gasteiger partial charge in [-0.25, -0.2) is 0 Å². The number of rotatable bonds is 5. The number of carbonyl (C=O) groups excluding carboxylic acids is 1. The molecule has 150 valence electrons. The standard InChI is InChI=1S/C19H14F3N3O4/c1-28-15-11-16(26)25(13-5-3-2-4-6-13)24-17(15)18(27)23-12-7-9-14(10-8-12)29-19(20,21)22/h2-11H,1H3,(H,23,27). The van der Waals surface area contributed by atoms with E-state index in [0.29, 0.717) is 5.69 Å². The number of nitrogens with zero attached hydrogens (tertiary/aromatic N) is 2. The van der Waals surface area contributed by atoms with Gasteiger partial charge < -0.3 is 14.8 Å². The van der Waals surface area contributed by atoms with Gasteiger partial charge in [0, 0.05) is 5.69 Å². The van der Waals surface area contributed by atoms with Gasteiger partial charge in [0.2, 0.25) is 0 Å². The molecule has 0 saturated carbocycles. The van der Waals surface area contributed by atoms with E-state index in [0.717, 1.165) is 22.9 Å². The molecule has 0 unspecified atom stereocenters. The van der Waals surface area contributed by atoms with E-state index < -0.39 is 23.6 Å². The predicted molar refractivity (Wildman–Crippen MR) is 97.5 cm³/mol. The highest BCUT2D eigenvalue weighted by molar-refractivity contribution is 6.04. The van der Waals surface area contributed by atoms with Crippen LogP contribution in [0.25, 0.3) is 5.69 Å². The number of amides is 1. The second-order valence-electron chi connectivity index (χ2n) is 5.67. The minimum atomic E-state index is -4.81. The van der Waals surface area contributed by atoms with Crippen molar-refractivity contribution < 1.29 is 27.4 Å². The van der Waals surface area contributed by atoms with Crippen molar-refractivity contribution in [2.45, 2.75) is 6.36 Å². The molecule has 7 nitrogen and oxygen atoms in total. The molecule has 1 amide bonds. The number of carbonyl (C=O) groups is 1. The Morgan fingerprint density at radius 1 is 1.07 bits per heavy atom. The summed E-state index contributed by atoms with van der Waals surface area (Å²) in [6, 6.07) is 14.2. The fourth-order valence-corrected chi connectivity index (χ4v) is 2.44. The molecular formula is C19H14F3N3O4. The summed E-state index contributed by atoms with van der Waals surface area (Å²) in [4.78, 5) is 24.9. The number of benzene rings is 2. The molecule has 1 heterocycles. The van der Waals surface area contributed by atoms with Crippen molar-refractivity contribution in [3.63, 3.8) is 0 Å². The van der Waals surface area contributed by atoms with Crippen LogP contribution in [-0.2, 0) is 0 Å². The molecule has 0 radical (unpaired) electrons. The van der Waals surface area contributed by atoms with Crippen LogP contribution in [0, 0.1) is 0 Å². The molecule has 0 atom stereocenters. The lowest BCUT2D eigenvalue weighted by Crippen LogP contribution is -2.26. The highest BCUT2D eigenvalue weighted by Gasteiger charge is 2.31. The van der Waals surface area contributed by atoms with E-state index in [4.69, 9.17) is 4.74 Å². The molecule has 3 aromatic rings. The fraction of sp³-hybridized carbons (Fsp3) is 0.105. The van der Waals surface area contributed by atoms with Crippen LogP contribution in [0.2, 0.25) is 0 Å². The molecular weight excluding hydrogens is 391 g/mol. The lowest BCUT2D eigenvalue weighted by Gasteiger charge is -2.12. The van der Waals surface area contributed by atoms with Gasteiger partial charge in [0.05, 0.1) is 18.9 Å². The van der Waals surface area contributed by atoms with E-state index in [1.807, 2.05) is 0 Å². The number of halogens is 3. The number of hydrogen-bond donors (Lipinski definition) is 1. The van der Waals surface area contributed by atoms with Gasteiger partial charge >= 0.3 is 6.36 Å². The van der Waals surface area contributed by atoms with E-state index >= 15 is 0 Å². The first kappa shape index (κ1) is 19.9. The van der Waals surface area contributed by atoms with Gasteiger partial charge in [-0.15, -0.1) is 13.2 Å². The molecule has 0 fully saturated rings. The Morgan fingerprint density at radius 3 is 2.31 bits per heavy atom. The number of methoxy groups -OCH3 is 1. The van der Waals surface area contributed by atoms with Crippen LogP contribution in [0.3, 0.4) is 0 Å². The Bertz CT molecular complexity index is 1060. The summed E-state index contributed by atoms with van der Waals surface area (Å²) >= 11 is 0. The average Bonchev–Trinajstić information content (AvgIpc) is 2.68. The van der Waals surface area contributed by atoms with Gasteiger partial charge in [0.25, 0.3) is 11.5 Å². The summed E-state index contributed by atoms with van der Waals surface area (Å²) < 4.78 is 46.6. The topological polar surface area (TPSA) is 82.5 Å². The minimum absolute atomic E-state index is 0.0447. The molecule has 0 bridgehead atoms. The van der Waals surface area contributed by atoms with Gasteiger partial charge in [-0.2, -0.15) is 9.78 Å². The third-order valence-electron chi connectivity index (χ3n) is 3.68. The van der Waals surface area contributed by atoms with Gasteiger partial charge in [-0.05, 0) is 36.4 Å². The van der Waals surface area contributed by atoms with Crippen molar-refractivity contribution in [1.29, 1.82) is 0 Å². The summed E-state index contributed by atoms with van der Waals surface area (Å²) in [6.07, 6.45) is -4.81. The SMILES string of the molecule is COc1cc(=O)n(-c2ccccc2)nc1C(=O)Nc1ccc(OC(F)(F)F)cc1. The van der Waals surface area contributed by atoms with E-state index in [1.54, 1.807) is 30.3 Å². The molecule has 10 heteroatoms. The first-order valence-electron chi connectivity index (χ1n) is 8.18. The second kappa shape index (κ2) is 8.05. The third-order valence-corrected chi connectivity index (χ3v) is 3.68. The summed E-state index contributed by atoms with van der Waals surface area (Å²) in [5.74, 6) is -1.18. The fourth-order valence-electron chi connectivity index (χ4n) is 2.44. The van der Waals surface area contributed by atoms with Gasteiger partial charge in [0.1, 0.15) is 5.75 Å². The van der Waals surface area contributed by atoms with Gasteiger partial charge in [0.15, 0.2) is 11.4 Å². The molecule has 29 heavy (non-hydrogen) atoms. The monoisotopic (exact) mass is 405 g/mol. The number of aromatic nitrogens is 2. The highest BCUT2D eigenvalue weighted by Crippen LogP contribution is 2.24. The smallest absolute Gasteiger partial charge is 0.494 e. The first-order chi connectivity index (χ1) is 13.8. The van der Waals surface area contributed by atoms with Crippen LogP contribution in [0.4, 0.5) is 18.9 Å². The maximum absolute atomic E-state index is 12.6. The molecule has 2 aromatic carbocycles. The lowest BCUT2D eigenvalue weighted by molar-refractivity contribution is -0.274. The third kappa shape index (κ3) is 4.92. The number of anilines is 1. The number of ether oxygens (including phenoxy) is 2. The molecule has 0 spiro atoms. The molecule has 1 aromatic heterocycles. The molecule has 0 aliphatic heterocycles. The van der Waals surface area contributed by atoms with Crippen molar-refractivity contribution in [2.75, 3.05) is 12.4 Å². The van der Waals surface area contributed by atoms with E-state index in [9.17, 15) is 22.8 Å². The molecule has 1 N–H and O–H groups in total. The second-order valence-corrected chi connectivity index (χ2v) is 5.67. The predicted octanol–water partition coefficient (Wildman–Crippen LogP) is 3.39. The molecule has 0 aliphatic rings. The average molecular weight is 405 g/mol. The van der Waals surface area contributed by atoms with Crippen LogP contribution in [0.5, 0.6) is 11.5 Å². The quantitative estimate of drug-likeness (QED) is 0.704. The summed E-state index contributed by atoms with van der Waals surface area (Å²) in [7, 11) is 1.28. The lowest BCUT2D eigenvalue weighted by atomic mass is 10.2. The Hall–Kier alpha value is -3.82. The van der Waals surface area contributed by atoms with Crippen molar-refractivity contribution in [3.8, 4) is 17.2 Å². The number of alkyl halides is 3. The zero-order valence-corrected chi connectivity index (χ0v) is 14.9. The van der Waals surface area contributed by atoms with Crippen molar-refractivity contribution in [2.24, 2.45) is 0 Å². The number of hydrogen-bond acceptors (Lipinski definition) is 5. The Kier molecular flexibility index (Phi) is 5.53. The summed E-state index contributed by atoms with van der Waals surface area (Å²) in [5.41, 5.74) is -0.0292. The largest absolute Gasteiger partial charge is 0.573 e. The normalized spacial score (nSPS) is 11.0.